The van der Waals surface area contributed by atoms with Gasteiger partial charge in [-0.1, -0.05) is 46.9 Å². The number of hydrazine groups is 1. The third kappa shape index (κ3) is 3.64. The molecular weight excluding hydrogens is 307 g/mol. The summed E-state index contributed by atoms with van der Waals surface area (Å²) in [5.74, 6) is 6.17. The van der Waals surface area contributed by atoms with E-state index in [1.165, 1.54) is 0 Å². The largest absolute Gasteiger partial charge is 0.365 e. The molecule has 0 unspecified atom stereocenters. The SMILES string of the molecule is NNc1nc(NCc2cccc(Cl)c2)c(Cl)cc1Cl. The van der Waals surface area contributed by atoms with Gasteiger partial charge in [0.1, 0.15) is 5.82 Å². The van der Waals surface area contributed by atoms with Crippen molar-refractivity contribution in [2.24, 2.45) is 5.84 Å². The highest BCUT2D eigenvalue weighted by Crippen LogP contribution is 2.29. The maximum absolute atomic E-state index is 6.05. The van der Waals surface area contributed by atoms with Crippen LogP contribution in [0, 0.1) is 0 Å². The number of benzene rings is 1. The number of nitrogen functional groups attached to an aromatic ring is 1. The fraction of sp³-hybridized carbons (Fsp3) is 0.0833. The second-order valence-electron chi connectivity index (χ2n) is 3.78. The molecule has 0 fully saturated rings. The number of halogens is 3. The highest BCUT2D eigenvalue weighted by molar-refractivity contribution is 6.37. The van der Waals surface area contributed by atoms with Crippen LogP contribution < -0.4 is 16.6 Å². The Balaban J connectivity index is 2.15. The number of nitrogens with one attached hydrogen (secondary N) is 2. The number of nitrogens with two attached hydrogens (primary N) is 1. The third-order valence-electron chi connectivity index (χ3n) is 2.42. The van der Waals surface area contributed by atoms with Gasteiger partial charge in [0, 0.05) is 11.6 Å². The molecule has 2 aromatic rings. The molecular formula is C12H11Cl3N4. The Morgan fingerprint density at radius 1 is 1.05 bits per heavy atom. The monoisotopic (exact) mass is 316 g/mol. The average Bonchev–Trinajstić information content (AvgIpc) is 2.38. The van der Waals surface area contributed by atoms with Crippen molar-refractivity contribution in [1.82, 2.24) is 4.98 Å². The zero-order valence-electron chi connectivity index (χ0n) is 9.75. The summed E-state index contributed by atoms with van der Waals surface area (Å²) in [6.07, 6.45) is 0. The number of aromatic nitrogens is 1. The van der Waals surface area contributed by atoms with E-state index in [9.17, 15) is 0 Å². The molecule has 1 aromatic heterocycles. The Morgan fingerprint density at radius 3 is 2.47 bits per heavy atom. The van der Waals surface area contributed by atoms with Crippen LogP contribution in [0.2, 0.25) is 15.1 Å². The summed E-state index contributed by atoms with van der Waals surface area (Å²) < 4.78 is 0. The van der Waals surface area contributed by atoms with Gasteiger partial charge in [0.05, 0.1) is 10.0 Å². The van der Waals surface area contributed by atoms with Gasteiger partial charge in [-0.05, 0) is 23.8 Å². The first-order valence-corrected chi connectivity index (χ1v) is 6.54. The number of anilines is 2. The molecule has 0 amide bonds. The Kier molecular flexibility index (Phi) is 4.71. The van der Waals surface area contributed by atoms with Gasteiger partial charge >= 0.3 is 0 Å². The Bertz CT molecular complexity index is 589. The minimum absolute atomic E-state index is 0.361. The number of rotatable bonds is 4. The summed E-state index contributed by atoms with van der Waals surface area (Å²) in [4.78, 5) is 4.18. The quantitative estimate of drug-likeness (QED) is 0.590. The van der Waals surface area contributed by atoms with Gasteiger partial charge < -0.3 is 10.7 Å². The van der Waals surface area contributed by atoms with Crippen LogP contribution in [-0.4, -0.2) is 4.98 Å². The van der Waals surface area contributed by atoms with Gasteiger partial charge in [0.15, 0.2) is 5.82 Å². The molecule has 100 valence electrons. The van der Waals surface area contributed by atoms with E-state index in [0.29, 0.717) is 33.2 Å². The van der Waals surface area contributed by atoms with Crippen LogP contribution in [0.3, 0.4) is 0 Å². The van der Waals surface area contributed by atoms with Crippen LogP contribution >= 0.6 is 34.8 Å². The van der Waals surface area contributed by atoms with Gasteiger partial charge in [0.2, 0.25) is 0 Å². The van der Waals surface area contributed by atoms with Crippen molar-refractivity contribution in [2.45, 2.75) is 6.54 Å². The van der Waals surface area contributed by atoms with Gasteiger partial charge in [-0.25, -0.2) is 10.8 Å². The van der Waals surface area contributed by atoms with Crippen molar-refractivity contribution in [3.05, 3.63) is 51.0 Å². The third-order valence-corrected chi connectivity index (χ3v) is 3.23. The number of pyridine rings is 1. The minimum atomic E-state index is 0.361. The normalized spacial score (nSPS) is 10.3. The molecule has 1 aromatic carbocycles. The lowest BCUT2D eigenvalue weighted by Gasteiger charge is -2.10. The standard InChI is InChI=1S/C12H11Cl3N4/c13-8-3-1-2-7(4-8)6-17-11-9(14)5-10(15)12(18-11)19-16/h1-5H,6,16H2,(H2,17,18,19). The van der Waals surface area contributed by atoms with E-state index in [-0.39, 0.29) is 0 Å². The number of nitrogens with zero attached hydrogens (tertiary/aromatic N) is 1. The summed E-state index contributed by atoms with van der Waals surface area (Å²) in [6.45, 7) is 0.541. The summed E-state index contributed by atoms with van der Waals surface area (Å²) >= 11 is 17.9. The van der Waals surface area contributed by atoms with Crippen LogP contribution in [0.15, 0.2) is 30.3 Å². The van der Waals surface area contributed by atoms with Crippen LogP contribution in [0.5, 0.6) is 0 Å². The highest BCUT2D eigenvalue weighted by atomic mass is 35.5. The van der Waals surface area contributed by atoms with Crippen LogP contribution in [0.25, 0.3) is 0 Å². The van der Waals surface area contributed by atoms with Gasteiger partial charge in [0.25, 0.3) is 0 Å². The molecule has 2 rings (SSSR count). The smallest absolute Gasteiger partial charge is 0.161 e. The van der Waals surface area contributed by atoms with E-state index in [1.807, 2.05) is 24.3 Å². The maximum Gasteiger partial charge on any atom is 0.161 e. The predicted octanol–water partition coefficient (Wildman–Crippen LogP) is 3.94. The molecule has 0 atom stereocenters. The first kappa shape index (κ1) is 14.2. The molecule has 19 heavy (non-hydrogen) atoms. The summed E-state index contributed by atoms with van der Waals surface area (Å²) in [6, 6.07) is 9.08. The molecule has 0 aliphatic carbocycles. The van der Waals surface area contributed by atoms with Crippen molar-refractivity contribution in [1.29, 1.82) is 0 Å². The second kappa shape index (κ2) is 6.30. The zero-order chi connectivity index (χ0) is 13.8. The van der Waals surface area contributed by atoms with Gasteiger partial charge in [-0.2, -0.15) is 0 Å². The second-order valence-corrected chi connectivity index (χ2v) is 5.03. The lowest BCUT2D eigenvalue weighted by Crippen LogP contribution is -2.11. The van der Waals surface area contributed by atoms with E-state index in [4.69, 9.17) is 40.6 Å². The predicted molar refractivity (Wildman–Crippen MR) is 80.8 cm³/mol. The Labute approximate surface area is 125 Å². The zero-order valence-corrected chi connectivity index (χ0v) is 12.0. The van der Waals surface area contributed by atoms with Crippen molar-refractivity contribution >= 4 is 46.4 Å². The molecule has 0 aliphatic heterocycles. The maximum atomic E-state index is 6.05. The van der Waals surface area contributed by atoms with Crippen molar-refractivity contribution in [3.8, 4) is 0 Å². The van der Waals surface area contributed by atoms with E-state index in [1.54, 1.807) is 6.07 Å². The van der Waals surface area contributed by atoms with Crippen LogP contribution in [0.1, 0.15) is 5.56 Å². The van der Waals surface area contributed by atoms with Crippen LogP contribution in [-0.2, 0) is 6.54 Å². The van der Waals surface area contributed by atoms with E-state index in [2.05, 4.69) is 15.7 Å². The molecule has 0 bridgehead atoms. The molecule has 1 heterocycles. The van der Waals surface area contributed by atoms with E-state index in [0.717, 1.165) is 5.56 Å². The van der Waals surface area contributed by atoms with Gasteiger partial charge in [-0.3, -0.25) is 0 Å². The number of hydrogen-bond donors (Lipinski definition) is 3. The molecule has 7 heteroatoms. The molecule has 0 radical (unpaired) electrons. The minimum Gasteiger partial charge on any atom is -0.365 e. The molecule has 0 saturated carbocycles. The summed E-state index contributed by atoms with van der Waals surface area (Å²) in [5, 5.41) is 4.57. The topological polar surface area (TPSA) is 63.0 Å². The lowest BCUT2D eigenvalue weighted by atomic mass is 10.2. The molecule has 0 spiro atoms. The van der Waals surface area contributed by atoms with Crippen molar-refractivity contribution in [2.75, 3.05) is 10.7 Å². The highest BCUT2D eigenvalue weighted by Gasteiger charge is 2.08. The van der Waals surface area contributed by atoms with Crippen molar-refractivity contribution in [3.63, 3.8) is 0 Å². The Hall–Kier alpha value is -1.20. The van der Waals surface area contributed by atoms with E-state index >= 15 is 0 Å². The first-order valence-electron chi connectivity index (χ1n) is 5.41. The Morgan fingerprint density at radius 2 is 1.79 bits per heavy atom. The average molecular weight is 318 g/mol. The fourth-order valence-corrected chi connectivity index (χ4v) is 2.22. The summed E-state index contributed by atoms with van der Waals surface area (Å²) in [5.41, 5.74) is 3.42. The summed E-state index contributed by atoms with van der Waals surface area (Å²) in [7, 11) is 0. The van der Waals surface area contributed by atoms with Gasteiger partial charge in [-0.15, -0.1) is 0 Å². The van der Waals surface area contributed by atoms with Crippen molar-refractivity contribution < 1.29 is 0 Å². The fourth-order valence-electron chi connectivity index (χ4n) is 1.52. The molecule has 0 saturated heterocycles. The first-order chi connectivity index (χ1) is 9.10. The van der Waals surface area contributed by atoms with Crippen LogP contribution in [0.4, 0.5) is 11.6 Å². The molecule has 4 N–H and O–H groups in total. The number of hydrogen-bond acceptors (Lipinski definition) is 4. The lowest BCUT2D eigenvalue weighted by molar-refractivity contribution is 1.10. The van der Waals surface area contributed by atoms with E-state index < -0.39 is 0 Å². The molecule has 4 nitrogen and oxygen atoms in total. The molecule has 0 aliphatic rings.